The highest BCUT2D eigenvalue weighted by molar-refractivity contribution is 5.88. The third kappa shape index (κ3) is 5.78. The van der Waals surface area contributed by atoms with Gasteiger partial charge in [-0.05, 0) is 6.92 Å². The Balaban J connectivity index is 1.97. The number of anilines is 3. The van der Waals surface area contributed by atoms with Gasteiger partial charge in [0.2, 0.25) is 23.5 Å². The van der Waals surface area contributed by atoms with Crippen LogP contribution in [-0.4, -0.2) is 38.2 Å². The van der Waals surface area contributed by atoms with Crippen molar-refractivity contribution in [1.82, 2.24) is 25.1 Å². The Morgan fingerprint density at radius 2 is 1.81 bits per heavy atom. The molecular formula is C19H19F2N7O3. The average molecular weight is 431 g/mol. The molecule has 3 heterocycles. The fourth-order valence-electron chi connectivity index (χ4n) is 2.42. The quantitative estimate of drug-likeness (QED) is 0.577. The van der Waals surface area contributed by atoms with E-state index in [0.717, 1.165) is 0 Å². The van der Waals surface area contributed by atoms with Crippen molar-refractivity contribution in [2.75, 3.05) is 17.7 Å². The predicted molar refractivity (Wildman–Crippen MR) is 107 cm³/mol. The Morgan fingerprint density at radius 3 is 2.42 bits per heavy atom. The van der Waals surface area contributed by atoms with Gasteiger partial charge in [0.25, 0.3) is 0 Å². The van der Waals surface area contributed by atoms with Crippen LogP contribution >= 0.6 is 0 Å². The zero-order chi connectivity index (χ0) is 22.6. The van der Waals surface area contributed by atoms with E-state index in [1.165, 1.54) is 38.4 Å². The first-order chi connectivity index (χ1) is 14.6. The highest BCUT2D eigenvalue weighted by Crippen LogP contribution is 2.33. The summed E-state index contributed by atoms with van der Waals surface area (Å²) in [4.78, 5) is 23.1. The van der Waals surface area contributed by atoms with Gasteiger partial charge in [-0.15, -0.1) is 10.2 Å². The Kier molecular flexibility index (Phi) is 6.18. The smallest absolute Gasteiger partial charge is 0.303 e. The van der Waals surface area contributed by atoms with Gasteiger partial charge in [-0.3, -0.25) is 4.79 Å². The van der Waals surface area contributed by atoms with Crippen LogP contribution in [-0.2, 0) is 10.7 Å². The molecule has 0 saturated carbocycles. The lowest BCUT2D eigenvalue weighted by Crippen LogP contribution is -2.14. The molecule has 2 N–H and O–H groups in total. The molecule has 10 nitrogen and oxygen atoms in total. The molecule has 12 heteroatoms. The number of aryl methyl sites for hydroxylation is 1. The summed E-state index contributed by atoms with van der Waals surface area (Å²) in [5.74, 6) is -3.24. The van der Waals surface area contributed by atoms with E-state index in [4.69, 9.17) is 9.47 Å². The molecule has 0 unspecified atom stereocenters. The number of nitrogens with one attached hydrogen (secondary N) is 2. The van der Waals surface area contributed by atoms with Gasteiger partial charge >= 0.3 is 5.92 Å². The van der Waals surface area contributed by atoms with Crippen LogP contribution in [0, 0.1) is 6.92 Å². The van der Waals surface area contributed by atoms with E-state index in [1.54, 1.807) is 13.0 Å². The van der Waals surface area contributed by atoms with Crippen LogP contribution in [0.1, 0.15) is 25.4 Å². The number of carbonyl (C=O) groups excluding carboxylic acids is 1. The van der Waals surface area contributed by atoms with E-state index in [2.05, 4.69) is 35.8 Å². The van der Waals surface area contributed by atoms with Crippen molar-refractivity contribution >= 4 is 23.2 Å². The second-order valence-corrected chi connectivity index (χ2v) is 6.49. The summed E-state index contributed by atoms with van der Waals surface area (Å²) in [6.07, 6.45) is 1.34. The highest BCUT2D eigenvalue weighted by atomic mass is 19.3. The zero-order valence-electron chi connectivity index (χ0n) is 17.1. The summed E-state index contributed by atoms with van der Waals surface area (Å²) in [7, 11) is 1.45. The maximum absolute atomic E-state index is 13.7. The Morgan fingerprint density at radius 1 is 1.10 bits per heavy atom. The van der Waals surface area contributed by atoms with Crippen LogP contribution in [0.3, 0.4) is 0 Å². The maximum atomic E-state index is 13.7. The van der Waals surface area contributed by atoms with Crippen LogP contribution < -0.4 is 20.1 Å². The van der Waals surface area contributed by atoms with E-state index in [0.29, 0.717) is 24.2 Å². The average Bonchev–Trinajstić information content (AvgIpc) is 2.69. The SMILES string of the molecule is COc1ccc(Oc2cnc(NC(C)=O)cc2Nc2cc(C)nc(C(C)(F)F)n2)nn1. The number of aromatic nitrogens is 5. The minimum Gasteiger partial charge on any atom is -0.480 e. The number of ether oxygens (including phenoxy) is 2. The number of hydrogen-bond acceptors (Lipinski definition) is 9. The maximum Gasteiger partial charge on any atom is 0.303 e. The molecule has 0 aliphatic rings. The molecule has 31 heavy (non-hydrogen) atoms. The number of nitrogens with zero attached hydrogens (tertiary/aromatic N) is 5. The van der Waals surface area contributed by atoms with Gasteiger partial charge in [0.1, 0.15) is 11.6 Å². The van der Waals surface area contributed by atoms with Gasteiger partial charge in [0.05, 0.1) is 19.0 Å². The third-order valence-corrected chi connectivity index (χ3v) is 3.72. The molecule has 0 aromatic carbocycles. The number of halogens is 2. The summed E-state index contributed by atoms with van der Waals surface area (Å²) in [6, 6.07) is 6.04. The number of hydrogen-bond donors (Lipinski definition) is 2. The van der Waals surface area contributed by atoms with Crippen molar-refractivity contribution in [3.63, 3.8) is 0 Å². The number of rotatable bonds is 7. The predicted octanol–water partition coefficient (Wildman–Crippen LogP) is 3.58. The van der Waals surface area contributed by atoms with Gasteiger partial charge in [-0.2, -0.15) is 8.78 Å². The molecule has 162 valence electrons. The van der Waals surface area contributed by atoms with E-state index >= 15 is 0 Å². The number of methoxy groups -OCH3 is 1. The molecule has 0 saturated heterocycles. The van der Waals surface area contributed by atoms with Gasteiger partial charge in [-0.25, -0.2) is 15.0 Å². The van der Waals surface area contributed by atoms with E-state index in [9.17, 15) is 13.6 Å². The summed E-state index contributed by atoms with van der Waals surface area (Å²) < 4.78 is 38.1. The van der Waals surface area contributed by atoms with E-state index in [-0.39, 0.29) is 29.2 Å². The minimum atomic E-state index is -3.22. The largest absolute Gasteiger partial charge is 0.480 e. The van der Waals surface area contributed by atoms with Crippen LogP contribution in [0.4, 0.5) is 26.1 Å². The number of alkyl halides is 2. The molecular weight excluding hydrogens is 412 g/mol. The van der Waals surface area contributed by atoms with Crippen molar-refractivity contribution < 1.29 is 23.0 Å². The molecule has 3 aromatic heterocycles. The molecule has 0 fully saturated rings. The fraction of sp³-hybridized carbons (Fsp3) is 0.263. The molecule has 0 atom stereocenters. The molecule has 0 aliphatic heterocycles. The monoisotopic (exact) mass is 431 g/mol. The Bertz CT molecular complexity index is 1090. The highest BCUT2D eigenvalue weighted by Gasteiger charge is 2.29. The Hall–Kier alpha value is -3.96. The lowest BCUT2D eigenvalue weighted by Gasteiger charge is -2.15. The molecule has 1 amide bonds. The van der Waals surface area contributed by atoms with E-state index < -0.39 is 11.7 Å². The fourth-order valence-corrected chi connectivity index (χ4v) is 2.42. The Labute approximate surface area is 176 Å². The molecule has 0 radical (unpaired) electrons. The van der Waals surface area contributed by atoms with Crippen LogP contribution in [0.15, 0.2) is 30.5 Å². The van der Waals surface area contributed by atoms with Crippen LogP contribution in [0.2, 0.25) is 0 Å². The van der Waals surface area contributed by atoms with Crippen molar-refractivity contribution in [1.29, 1.82) is 0 Å². The topological polar surface area (TPSA) is 124 Å². The van der Waals surface area contributed by atoms with Crippen molar-refractivity contribution in [3.8, 4) is 17.5 Å². The first kappa shape index (κ1) is 21.7. The van der Waals surface area contributed by atoms with Crippen molar-refractivity contribution in [3.05, 3.63) is 42.0 Å². The van der Waals surface area contributed by atoms with Crippen LogP contribution in [0.25, 0.3) is 0 Å². The normalized spacial score (nSPS) is 11.0. The molecule has 3 aromatic rings. The lowest BCUT2D eigenvalue weighted by atomic mass is 10.3. The second-order valence-electron chi connectivity index (χ2n) is 6.49. The number of pyridine rings is 1. The summed E-state index contributed by atoms with van der Waals surface area (Å²) in [6.45, 7) is 3.61. The van der Waals surface area contributed by atoms with Gasteiger partial charge in [0.15, 0.2) is 5.75 Å². The van der Waals surface area contributed by atoms with Crippen LogP contribution in [0.5, 0.6) is 17.5 Å². The van der Waals surface area contributed by atoms with Gasteiger partial charge in [-0.1, -0.05) is 0 Å². The summed E-state index contributed by atoms with van der Waals surface area (Å²) in [5.41, 5.74) is 0.633. The van der Waals surface area contributed by atoms with Gasteiger partial charge in [0, 0.05) is 43.8 Å². The molecule has 0 aliphatic carbocycles. The number of carbonyl (C=O) groups is 1. The standard InChI is InChI=1S/C19H19F2N7O3/c1-10-7-15(26-18(23-10)19(3,20)21)25-12-8-14(24-11(2)29)22-9-13(12)31-17-6-5-16(30-4)27-28-17/h5-9H,1-4H3,(H2,22,23,24,25,26,29). The number of amides is 1. The third-order valence-electron chi connectivity index (χ3n) is 3.72. The first-order valence-corrected chi connectivity index (χ1v) is 8.98. The minimum absolute atomic E-state index is 0.106. The van der Waals surface area contributed by atoms with Crippen molar-refractivity contribution in [2.24, 2.45) is 0 Å². The lowest BCUT2D eigenvalue weighted by molar-refractivity contribution is -0.114. The zero-order valence-corrected chi connectivity index (χ0v) is 17.1. The first-order valence-electron chi connectivity index (χ1n) is 8.98. The van der Waals surface area contributed by atoms with E-state index in [1.807, 2.05) is 0 Å². The second kappa shape index (κ2) is 8.81. The van der Waals surface area contributed by atoms with Gasteiger partial charge < -0.3 is 20.1 Å². The van der Waals surface area contributed by atoms with Crippen molar-refractivity contribution in [2.45, 2.75) is 26.7 Å². The molecule has 0 bridgehead atoms. The summed E-state index contributed by atoms with van der Waals surface area (Å²) in [5, 5.41) is 13.1. The summed E-state index contributed by atoms with van der Waals surface area (Å²) >= 11 is 0. The molecule has 0 spiro atoms. The molecule has 3 rings (SSSR count).